The Kier molecular flexibility index (Phi) is 10.5. The highest BCUT2D eigenvalue weighted by atomic mass is 16.5. The third-order valence-corrected chi connectivity index (χ3v) is 15.4. The van der Waals surface area contributed by atoms with Gasteiger partial charge in [0.2, 0.25) is 5.91 Å². The topological polar surface area (TPSA) is 87.5 Å². The van der Waals surface area contributed by atoms with Gasteiger partial charge in [0.15, 0.2) is 0 Å². The van der Waals surface area contributed by atoms with Gasteiger partial charge in [0.05, 0.1) is 51.3 Å². The van der Waals surface area contributed by atoms with Crippen LogP contribution in [-0.4, -0.2) is 46.3 Å². The second-order valence-electron chi connectivity index (χ2n) is 18.2. The Morgan fingerprint density at radius 2 is 1.81 bits per heavy atom. The van der Waals surface area contributed by atoms with E-state index in [0.29, 0.717) is 48.0 Å². The smallest absolute Gasteiger partial charge is 0.223 e. The van der Waals surface area contributed by atoms with Crippen LogP contribution in [0.15, 0.2) is 60.8 Å². The fourth-order valence-electron chi connectivity index (χ4n) is 12.5. The highest BCUT2D eigenvalue weighted by molar-refractivity contribution is 5.78. The van der Waals surface area contributed by atoms with Gasteiger partial charge in [-0.25, -0.2) is 4.68 Å². The van der Waals surface area contributed by atoms with E-state index in [2.05, 4.69) is 66.7 Å². The highest BCUT2D eigenvalue weighted by Gasteiger charge is 2.65. The lowest BCUT2D eigenvalue weighted by atomic mass is 9.44. The molecule has 1 N–H and O–H groups in total. The van der Waals surface area contributed by atoms with Crippen molar-refractivity contribution in [1.82, 2.24) is 20.3 Å². The number of aromatic nitrogens is 3. The summed E-state index contributed by atoms with van der Waals surface area (Å²) in [5.41, 5.74) is 3.95. The van der Waals surface area contributed by atoms with Gasteiger partial charge in [-0.05, 0) is 134 Å². The third-order valence-electron chi connectivity index (χ3n) is 15.4. The number of nitrogens with one attached hydrogen (secondary N) is 1. The van der Waals surface area contributed by atoms with Crippen molar-refractivity contribution in [3.63, 3.8) is 0 Å². The molecule has 2 heterocycles. The molecule has 0 unspecified atom stereocenters. The van der Waals surface area contributed by atoms with Crippen molar-refractivity contribution in [1.29, 1.82) is 0 Å². The lowest BCUT2D eigenvalue weighted by molar-refractivity contribution is -0.139. The quantitative estimate of drug-likeness (QED) is 0.202. The van der Waals surface area contributed by atoms with E-state index in [-0.39, 0.29) is 17.9 Å². The third kappa shape index (κ3) is 7.19. The van der Waals surface area contributed by atoms with Crippen molar-refractivity contribution >= 4 is 5.91 Å². The zero-order valence-electron chi connectivity index (χ0n) is 32.7. The molecular formula is C45H62N4O4. The van der Waals surface area contributed by atoms with Crippen LogP contribution in [0.25, 0.3) is 0 Å². The second-order valence-corrected chi connectivity index (χ2v) is 18.2. The lowest BCUT2D eigenvalue weighted by Gasteiger charge is -2.61. The molecule has 1 aliphatic heterocycles. The average molecular weight is 723 g/mol. The number of hydrogen-bond donors (Lipinski definition) is 1. The zero-order valence-corrected chi connectivity index (χ0v) is 32.7. The van der Waals surface area contributed by atoms with E-state index < -0.39 is 0 Å². The number of carbonyl (C=O) groups excluding carboxylic acids is 1. The zero-order chi connectivity index (χ0) is 36.7. The van der Waals surface area contributed by atoms with Crippen LogP contribution in [-0.2, 0) is 34.0 Å². The molecule has 4 aliphatic carbocycles. The van der Waals surface area contributed by atoms with Crippen LogP contribution in [0.3, 0.4) is 0 Å². The minimum Gasteiger partial charge on any atom is -0.497 e. The molecule has 5 fully saturated rings. The van der Waals surface area contributed by atoms with Crippen LogP contribution >= 0.6 is 0 Å². The summed E-state index contributed by atoms with van der Waals surface area (Å²) in [5.74, 6) is 5.24. The highest BCUT2D eigenvalue weighted by Crippen LogP contribution is 2.70. The van der Waals surface area contributed by atoms with Crippen molar-refractivity contribution in [3.8, 4) is 5.75 Å². The Morgan fingerprint density at radius 3 is 2.64 bits per heavy atom. The van der Waals surface area contributed by atoms with Gasteiger partial charge in [-0.1, -0.05) is 75.4 Å². The lowest BCUT2D eigenvalue weighted by Crippen LogP contribution is -2.54. The molecule has 1 amide bonds. The number of nitrogens with zero attached hydrogens (tertiary/aromatic N) is 3. The summed E-state index contributed by atoms with van der Waals surface area (Å²) >= 11 is 0. The average Bonchev–Trinajstić information content (AvgIpc) is 3.84. The molecule has 2 aromatic carbocycles. The number of amides is 1. The fraction of sp³-hybridized carbons (Fsp3) is 0.667. The van der Waals surface area contributed by atoms with Gasteiger partial charge in [0.25, 0.3) is 0 Å². The number of benzene rings is 2. The predicted molar refractivity (Wildman–Crippen MR) is 206 cm³/mol. The first kappa shape index (κ1) is 36.7. The van der Waals surface area contributed by atoms with E-state index in [1.54, 1.807) is 11.8 Å². The van der Waals surface area contributed by atoms with Crippen molar-refractivity contribution < 1.29 is 19.0 Å². The SMILES string of the molecule is COc1cccc(Cn2cc(CNC(=O)[C@@H](C)CC[C@H]3O[C@H]4C[C@H]5[C@@H]6CC[C@@H]7C[C@@H](OCc8ccccc8)CC[C@]7(C)[C@H]6CC[C@]5(C)[C@H]4[C@@H]3C)nn2)c1. The molecule has 1 saturated heterocycles. The molecule has 0 spiro atoms. The van der Waals surface area contributed by atoms with Crippen LogP contribution < -0.4 is 10.1 Å². The molecule has 0 radical (unpaired) electrons. The van der Waals surface area contributed by atoms with Crippen molar-refractivity contribution in [2.75, 3.05) is 7.11 Å². The Morgan fingerprint density at radius 1 is 1.00 bits per heavy atom. The van der Waals surface area contributed by atoms with E-state index in [1.807, 2.05) is 37.4 Å². The van der Waals surface area contributed by atoms with Crippen LogP contribution in [0, 0.1) is 52.3 Å². The van der Waals surface area contributed by atoms with Crippen molar-refractivity contribution in [2.45, 2.75) is 130 Å². The van der Waals surface area contributed by atoms with E-state index in [9.17, 15) is 4.79 Å². The number of ether oxygens (including phenoxy) is 3. The molecule has 53 heavy (non-hydrogen) atoms. The second kappa shape index (κ2) is 15.1. The van der Waals surface area contributed by atoms with Gasteiger partial charge in [-0.3, -0.25) is 4.79 Å². The van der Waals surface area contributed by atoms with Crippen LogP contribution in [0.2, 0.25) is 0 Å². The maximum absolute atomic E-state index is 13.1. The number of methoxy groups -OCH3 is 1. The summed E-state index contributed by atoms with van der Waals surface area (Å²) in [4.78, 5) is 13.1. The molecule has 5 aliphatic rings. The van der Waals surface area contributed by atoms with E-state index in [0.717, 1.165) is 60.1 Å². The predicted octanol–water partition coefficient (Wildman–Crippen LogP) is 8.63. The number of hydrogen-bond acceptors (Lipinski definition) is 6. The molecule has 8 heteroatoms. The first-order chi connectivity index (χ1) is 25.6. The Hall–Kier alpha value is -3.23. The van der Waals surface area contributed by atoms with Gasteiger partial charge >= 0.3 is 0 Å². The summed E-state index contributed by atoms with van der Waals surface area (Å²) in [7, 11) is 1.67. The molecule has 12 atom stereocenters. The van der Waals surface area contributed by atoms with Gasteiger partial charge in [0.1, 0.15) is 11.4 Å². The summed E-state index contributed by atoms with van der Waals surface area (Å²) in [6.45, 7) is 11.5. The molecule has 0 bridgehead atoms. The first-order valence-corrected chi connectivity index (χ1v) is 20.7. The fourth-order valence-corrected chi connectivity index (χ4v) is 12.5. The number of carbonyl (C=O) groups is 1. The van der Waals surface area contributed by atoms with Gasteiger partial charge in [0, 0.05) is 5.92 Å². The molecule has 8 rings (SSSR count). The maximum Gasteiger partial charge on any atom is 0.223 e. The maximum atomic E-state index is 13.1. The van der Waals surface area contributed by atoms with Gasteiger partial charge in [-0.15, -0.1) is 5.10 Å². The molecule has 1 aromatic heterocycles. The molecular weight excluding hydrogens is 661 g/mol. The Balaban J connectivity index is 0.808. The van der Waals surface area contributed by atoms with Crippen LogP contribution in [0.1, 0.15) is 109 Å². The molecule has 286 valence electrons. The summed E-state index contributed by atoms with van der Waals surface area (Å²) in [5, 5.41) is 11.7. The number of fused-ring (bicyclic) bond motifs is 7. The van der Waals surface area contributed by atoms with E-state index in [4.69, 9.17) is 14.2 Å². The first-order valence-electron chi connectivity index (χ1n) is 20.7. The van der Waals surface area contributed by atoms with Gasteiger partial charge < -0.3 is 19.5 Å². The largest absolute Gasteiger partial charge is 0.497 e. The molecule has 4 saturated carbocycles. The summed E-state index contributed by atoms with van der Waals surface area (Å²) in [6.07, 6.45) is 15.2. The Labute approximate surface area is 317 Å². The summed E-state index contributed by atoms with van der Waals surface area (Å²) < 4.78 is 20.6. The van der Waals surface area contributed by atoms with E-state index >= 15 is 0 Å². The molecule has 3 aromatic rings. The minimum absolute atomic E-state index is 0.0735. The van der Waals surface area contributed by atoms with Crippen molar-refractivity contribution in [3.05, 3.63) is 77.6 Å². The molecule has 8 nitrogen and oxygen atoms in total. The monoisotopic (exact) mass is 722 g/mol. The van der Waals surface area contributed by atoms with Gasteiger partial charge in [-0.2, -0.15) is 0 Å². The van der Waals surface area contributed by atoms with Crippen molar-refractivity contribution in [2.24, 2.45) is 52.3 Å². The standard InChI is InChI=1S/C45H62N4O4/c1-29(43(50)46-25-34-27-49(48-47-34)26-32-12-9-13-35(22-32)51-5)14-17-40-30(2)42-41(53-40)24-39-37-16-15-33-23-36(52-28-31-10-7-6-8-11-31)18-20-44(33,3)38(37)19-21-45(39,42)4/h6-13,22,27,29-30,33,36-42H,14-21,23-26,28H2,1-5H3,(H,46,50)/t29-,30+,33+,36-,37+,38-,39-,40+,41-,42-,44-,45-/m0/s1. The normalized spacial score (nSPS) is 36.5. The van der Waals surface area contributed by atoms with E-state index in [1.165, 1.54) is 56.9 Å². The summed E-state index contributed by atoms with van der Waals surface area (Å²) in [6, 6.07) is 18.6. The van der Waals surface area contributed by atoms with Crippen LogP contribution in [0.5, 0.6) is 5.75 Å². The number of rotatable bonds is 12. The minimum atomic E-state index is -0.0772. The van der Waals surface area contributed by atoms with Crippen LogP contribution in [0.4, 0.5) is 0 Å². The Bertz CT molecular complexity index is 1710.